The molecule has 3 heteroatoms. The zero-order valence-electron chi connectivity index (χ0n) is 5.79. The molecule has 0 unspecified atom stereocenters. The summed E-state index contributed by atoms with van der Waals surface area (Å²) in [6, 6.07) is 2.05. The molecule has 0 saturated carbocycles. The van der Waals surface area contributed by atoms with Gasteiger partial charge >= 0.3 is 0 Å². The van der Waals surface area contributed by atoms with Gasteiger partial charge in [0.2, 0.25) is 0 Å². The van der Waals surface area contributed by atoms with Gasteiger partial charge in [-0.1, -0.05) is 6.58 Å². The van der Waals surface area contributed by atoms with Crippen LogP contribution in [0.25, 0.3) is 11.8 Å². The van der Waals surface area contributed by atoms with Gasteiger partial charge in [0, 0.05) is 11.9 Å². The molecule has 1 aliphatic heterocycles. The summed E-state index contributed by atoms with van der Waals surface area (Å²) in [5.41, 5.74) is 2.18. The minimum absolute atomic E-state index is 0.966. The SMILES string of the molecule is C=C1NC=Cc2cc(S)sc21. The molecule has 1 aliphatic rings. The number of thiophene rings is 1. The van der Waals surface area contributed by atoms with Crippen LogP contribution in [0.3, 0.4) is 0 Å². The van der Waals surface area contributed by atoms with Gasteiger partial charge in [-0.3, -0.25) is 0 Å². The highest BCUT2D eigenvalue weighted by molar-refractivity contribution is 7.82. The van der Waals surface area contributed by atoms with Gasteiger partial charge in [0.1, 0.15) is 0 Å². The van der Waals surface area contributed by atoms with Crippen molar-refractivity contribution in [1.82, 2.24) is 5.32 Å². The molecule has 0 fully saturated rings. The Labute approximate surface area is 74.9 Å². The first kappa shape index (κ1) is 7.00. The van der Waals surface area contributed by atoms with E-state index >= 15 is 0 Å². The molecular formula is C8H7NS2. The first-order valence-corrected chi connectivity index (χ1v) is 4.49. The van der Waals surface area contributed by atoms with Crippen molar-refractivity contribution in [2.45, 2.75) is 4.21 Å². The van der Waals surface area contributed by atoms with E-state index in [0.717, 1.165) is 9.91 Å². The zero-order chi connectivity index (χ0) is 7.84. The van der Waals surface area contributed by atoms with Crippen LogP contribution >= 0.6 is 24.0 Å². The molecule has 1 N–H and O–H groups in total. The monoisotopic (exact) mass is 181 g/mol. The maximum absolute atomic E-state index is 4.27. The van der Waals surface area contributed by atoms with Crippen LogP contribution in [0.2, 0.25) is 0 Å². The smallest absolute Gasteiger partial charge is 0.0583 e. The highest BCUT2D eigenvalue weighted by Gasteiger charge is 2.10. The number of hydrogen-bond donors (Lipinski definition) is 2. The van der Waals surface area contributed by atoms with Crippen molar-refractivity contribution in [3.8, 4) is 0 Å². The highest BCUT2D eigenvalue weighted by atomic mass is 32.2. The number of hydrogen-bond acceptors (Lipinski definition) is 3. The van der Waals surface area contributed by atoms with Crippen molar-refractivity contribution in [2.24, 2.45) is 0 Å². The molecule has 1 nitrogen and oxygen atoms in total. The molecule has 0 saturated heterocycles. The molecular weight excluding hydrogens is 174 g/mol. The number of fused-ring (bicyclic) bond motifs is 1. The van der Waals surface area contributed by atoms with E-state index in [0.29, 0.717) is 0 Å². The van der Waals surface area contributed by atoms with E-state index in [1.54, 1.807) is 11.3 Å². The molecule has 0 spiro atoms. The van der Waals surface area contributed by atoms with Crippen molar-refractivity contribution in [3.63, 3.8) is 0 Å². The fourth-order valence-electron chi connectivity index (χ4n) is 1.05. The number of rotatable bonds is 0. The molecule has 2 heterocycles. The Balaban J connectivity index is 2.62. The topological polar surface area (TPSA) is 12.0 Å². The summed E-state index contributed by atoms with van der Waals surface area (Å²) in [6.45, 7) is 3.88. The first-order valence-electron chi connectivity index (χ1n) is 3.22. The minimum Gasteiger partial charge on any atom is -0.361 e. The van der Waals surface area contributed by atoms with Gasteiger partial charge in [-0.2, -0.15) is 0 Å². The summed E-state index contributed by atoms with van der Waals surface area (Å²) in [7, 11) is 0. The third-order valence-electron chi connectivity index (χ3n) is 1.54. The molecule has 0 aliphatic carbocycles. The van der Waals surface area contributed by atoms with Crippen LogP contribution in [-0.2, 0) is 0 Å². The predicted octanol–water partition coefficient (Wildman–Crippen LogP) is 2.58. The van der Waals surface area contributed by atoms with Gasteiger partial charge in [0.15, 0.2) is 0 Å². The van der Waals surface area contributed by atoms with Crippen molar-refractivity contribution in [2.75, 3.05) is 0 Å². The Morgan fingerprint density at radius 1 is 1.55 bits per heavy atom. The van der Waals surface area contributed by atoms with Gasteiger partial charge in [-0.05, 0) is 17.7 Å². The quantitative estimate of drug-likeness (QED) is 0.586. The van der Waals surface area contributed by atoms with Crippen LogP contribution < -0.4 is 5.32 Å². The normalized spacial score (nSPS) is 14.5. The van der Waals surface area contributed by atoms with Crippen molar-refractivity contribution in [1.29, 1.82) is 0 Å². The largest absolute Gasteiger partial charge is 0.361 e. The fourth-order valence-corrected chi connectivity index (χ4v) is 2.28. The summed E-state index contributed by atoms with van der Waals surface area (Å²) < 4.78 is 1.03. The van der Waals surface area contributed by atoms with Gasteiger partial charge in [-0.25, -0.2) is 0 Å². The lowest BCUT2D eigenvalue weighted by Gasteiger charge is -2.08. The van der Waals surface area contributed by atoms with Gasteiger partial charge in [0.25, 0.3) is 0 Å². The lowest BCUT2D eigenvalue weighted by molar-refractivity contribution is 1.23. The van der Waals surface area contributed by atoms with E-state index in [4.69, 9.17) is 0 Å². The standard InChI is InChI=1S/C8H7NS2/c1-5-8-6(2-3-9-5)4-7(10)11-8/h2-4,9-10H,1H2. The maximum atomic E-state index is 4.27. The van der Waals surface area contributed by atoms with E-state index in [9.17, 15) is 0 Å². The average Bonchev–Trinajstić information content (AvgIpc) is 2.31. The van der Waals surface area contributed by atoms with Crippen molar-refractivity contribution in [3.05, 3.63) is 29.3 Å². The molecule has 0 aromatic carbocycles. The highest BCUT2D eigenvalue weighted by Crippen LogP contribution is 2.32. The van der Waals surface area contributed by atoms with Gasteiger partial charge in [0.05, 0.1) is 9.09 Å². The van der Waals surface area contributed by atoms with E-state index in [2.05, 4.69) is 24.5 Å². The average molecular weight is 181 g/mol. The van der Waals surface area contributed by atoms with Gasteiger partial charge in [-0.15, -0.1) is 24.0 Å². The van der Waals surface area contributed by atoms with E-state index in [1.165, 1.54) is 10.4 Å². The first-order chi connectivity index (χ1) is 5.27. The molecule has 11 heavy (non-hydrogen) atoms. The lowest BCUT2D eigenvalue weighted by atomic mass is 10.2. The van der Waals surface area contributed by atoms with Crippen LogP contribution in [-0.4, -0.2) is 0 Å². The summed E-state index contributed by atoms with van der Waals surface area (Å²) in [5, 5.41) is 3.05. The minimum atomic E-state index is 0.966. The van der Waals surface area contributed by atoms with Gasteiger partial charge < -0.3 is 5.32 Å². The van der Waals surface area contributed by atoms with Crippen LogP contribution in [0.1, 0.15) is 10.4 Å². The third-order valence-corrected chi connectivity index (χ3v) is 2.96. The maximum Gasteiger partial charge on any atom is 0.0583 e. The Morgan fingerprint density at radius 3 is 3.09 bits per heavy atom. The molecule has 56 valence electrons. The second-order valence-corrected chi connectivity index (χ2v) is 4.16. The Hall–Kier alpha value is -0.670. The summed E-state index contributed by atoms with van der Waals surface area (Å²) in [6.07, 6.45) is 3.92. The van der Waals surface area contributed by atoms with Crippen LogP contribution in [0.4, 0.5) is 0 Å². The van der Waals surface area contributed by atoms with Crippen molar-refractivity contribution < 1.29 is 0 Å². The summed E-state index contributed by atoms with van der Waals surface area (Å²) in [4.78, 5) is 1.19. The van der Waals surface area contributed by atoms with E-state index < -0.39 is 0 Å². The fraction of sp³-hybridized carbons (Fsp3) is 0. The molecule has 0 amide bonds. The summed E-state index contributed by atoms with van der Waals surface area (Å²) >= 11 is 5.92. The number of thiol groups is 1. The van der Waals surface area contributed by atoms with E-state index in [-0.39, 0.29) is 0 Å². The Morgan fingerprint density at radius 2 is 2.36 bits per heavy atom. The predicted molar refractivity (Wildman–Crippen MR) is 52.8 cm³/mol. The molecule has 1 aromatic rings. The molecule has 0 radical (unpaired) electrons. The van der Waals surface area contributed by atoms with Crippen LogP contribution in [0.5, 0.6) is 0 Å². The van der Waals surface area contributed by atoms with Crippen molar-refractivity contribution >= 4 is 35.7 Å². The lowest BCUT2D eigenvalue weighted by Crippen LogP contribution is -2.04. The van der Waals surface area contributed by atoms with Crippen LogP contribution in [0.15, 0.2) is 23.1 Å². The summed E-state index contributed by atoms with van der Waals surface area (Å²) in [5.74, 6) is 0. The molecule has 2 rings (SSSR count). The van der Waals surface area contributed by atoms with E-state index in [1.807, 2.05) is 18.3 Å². The Kier molecular flexibility index (Phi) is 1.55. The van der Waals surface area contributed by atoms with Crippen LogP contribution in [0, 0.1) is 0 Å². The molecule has 0 bridgehead atoms. The molecule has 1 aromatic heterocycles. The second kappa shape index (κ2) is 2.43. The Bertz CT molecular complexity index is 336. The zero-order valence-corrected chi connectivity index (χ0v) is 7.51. The third kappa shape index (κ3) is 1.10. The second-order valence-electron chi connectivity index (χ2n) is 2.33. The molecule has 0 atom stereocenters. The number of nitrogens with one attached hydrogen (secondary N) is 1.